The first-order valence-corrected chi connectivity index (χ1v) is 4.06. The van der Waals surface area contributed by atoms with Gasteiger partial charge >= 0.3 is 0 Å². The molecule has 0 amide bonds. The van der Waals surface area contributed by atoms with E-state index in [4.69, 9.17) is 9.47 Å². The third kappa shape index (κ3) is 1.42. The zero-order valence-electron chi connectivity index (χ0n) is 7.21. The van der Waals surface area contributed by atoms with E-state index in [1.54, 1.807) is 18.2 Å². The van der Waals surface area contributed by atoms with Crippen LogP contribution >= 0.6 is 0 Å². The molecular weight excluding hydrogens is 184 g/mol. The van der Waals surface area contributed by atoms with Gasteiger partial charge < -0.3 is 14.6 Å². The van der Waals surface area contributed by atoms with Crippen molar-refractivity contribution in [2.75, 3.05) is 0 Å². The van der Waals surface area contributed by atoms with Crippen molar-refractivity contribution in [2.24, 2.45) is 0 Å². The highest BCUT2D eigenvalue weighted by atomic mass is 16.7. The SMILES string of the molecule is O=CC1=COC(c2ccccc2O)O1. The number of benzene rings is 1. The van der Waals surface area contributed by atoms with Crippen LogP contribution in [0.2, 0.25) is 0 Å². The molecule has 1 unspecified atom stereocenters. The van der Waals surface area contributed by atoms with Gasteiger partial charge in [-0.05, 0) is 12.1 Å². The van der Waals surface area contributed by atoms with Crippen molar-refractivity contribution in [3.63, 3.8) is 0 Å². The number of phenols is 1. The van der Waals surface area contributed by atoms with Gasteiger partial charge in [0.15, 0.2) is 12.0 Å². The summed E-state index contributed by atoms with van der Waals surface area (Å²) < 4.78 is 10.1. The molecule has 1 N–H and O–H groups in total. The van der Waals surface area contributed by atoms with E-state index in [1.807, 2.05) is 0 Å². The fourth-order valence-electron chi connectivity index (χ4n) is 1.19. The van der Waals surface area contributed by atoms with Crippen LogP contribution in [0.4, 0.5) is 0 Å². The van der Waals surface area contributed by atoms with Crippen LogP contribution in [-0.4, -0.2) is 11.4 Å². The van der Waals surface area contributed by atoms with Gasteiger partial charge in [-0.2, -0.15) is 0 Å². The summed E-state index contributed by atoms with van der Waals surface area (Å²) >= 11 is 0. The summed E-state index contributed by atoms with van der Waals surface area (Å²) in [5.41, 5.74) is 0.501. The maximum atomic E-state index is 10.3. The smallest absolute Gasteiger partial charge is 0.270 e. The van der Waals surface area contributed by atoms with Crippen LogP contribution in [0.15, 0.2) is 36.3 Å². The number of allylic oxidation sites excluding steroid dienone is 1. The van der Waals surface area contributed by atoms with Gasteiger partial charge in [0.2, 0.25) is 0 Å². The average molecular weight is 192 g/mol. The van der Waals surface area contributed by atoms with Gasteiger partial charge in [-0.25, -0.2) is 0 Å². The summed E-state index contributed by atoms with van der Waals surface area (Å²) in [4.78, 5) is 10.3. The molecule has 0 fully saturated rings. The Labute approximate surface area is 80.4 Å². The van der Waals surface area contributed by atoms with E-state index in [0.29, 0.717) is 11.8 Å². The molecule has 1 aliphatic rings. The number of phenolic OH excluding ortho intramolecular Hbond substituents is 1. The number of carbonyl (C=O) groups is 1. The van der Waals surface area contributed by atoms with E-state index in [1.165, 1.54) is 12.3 Å². The molecule has 1 heterocycles. The Bertz CT molecular complexity index is 383. The number of para-hydroxylation sites is 1. The van der Waals surface area contributed by atoms with Crippen LogP contribution in [0.3, 0.4) is 0 Å². The highest BCUT2D eigenvalue weighted by Crippen LogP contribution is 2.32. The van der Waals surface area contributed by atoms with Crippen LogP contribution in [0, 0.1) is 0 Å². The van der Waals surface area contributed by atoms with Crippen molar-refractivity contribution in [2.45, 2.75) is 6.29 Å². The Morgan fingerprint density at radius 3 is 2.79 bits per heavy atom. The Balaban J connectivity index is 2.20. The lowest BCUT2D eigenvalue weighted by atomic mass is 10.2. The van der Waals surface area contributed by atoms with Crippen molar-refractivity contribution in [1.82, 2.24) is 0 Å². The second kappa shape index (κ2) is 3.41. The maximum Gasteiger partial charge on any atom is 0.270 e. The fraction of sp³-hybridized carbons (Fsp3) is 0.100. The zero-order valence-corrected chi connectivity index (χ0v) is 7.21. The van der Waals surface area contributed by atoms with Crippen molar-refractivity contribution in [3.05, 3.63) is 41.9 Å². The molecule has 0 spiro atoms. The normalized spacial score (nSPS) is 19.4. The van der Waals surface area contributed by atoms with Crippen molar-refractivity contribution in [1.29, 1.82) is 0 Å². The molecule has 0 saturated carbocycles. The molecule has 0 bridgehead atoms. The summed E-state index contributed by atoms with van der Waals surface area (Å²) in [6, 6.07) is 6.64. The molecular formula is C10H8O4. The third-order valence-corrected chi connectivity index (χ3v) is 1.86. The second-order valence-corrected chi connectivity index (χ2v) is 2.78. The molecule has 2 rings (SSSR count). The number of hydrogen-bond donors (Lipinski definition) is 1. The number of carbonyl (C=O) groups excluding carboxylic acids is 1. The van der Waals surface area contributed by atoms with Crippen molar-refractivity contribution < 1.29 is 19.4 Å². The fourth-order valence-corrected chi connectivity index (χ4v) is 1.19. The van der Waals surface area contributed by atoms with Gasteiger partial charge in [-0.3, -0.25) is 4.79 Å². The molecule has 72 valence electrons. The van der Waals surface area contributed by atoms with E-state index >= 15 is 0 Å². The summed E-state index contributed by atoms with van der Waals surface area (Å²) in [5.74, 6) is 0.205. The summed E-state index contributed by atoms with van der Waals surface area (Å²) in [5, 5.41) is 9.46. The Morgan fingerprint density at radius 2 is 2.14 bits per heavy atom. The highest BCUT2D eigenvalue weighted by molar-refractivity contribution is 5.70. The van der Waals surface area contributed by atoms with E-state index in [9.17, 15) is 9.90 Å². The summed E-state index contributed by atoms with van der Waals surface area (Å²) in [6.45, 7) is 0. The van der Waals surface area contributed by atoms with Gasteiger partial charge in [-0.1, -0.05) is 12.1 Å². The number of ether oxygens (including phenoxy) is 2. The van der Waals surface area contributed by atoms with Gasteiger partial charge in [0.1, 0.15) is 12.0 Å². The lowest BCUT2D eigenvalue weighted by Crippen LogP contribution is -1.99. The topological polar surface area (TPSA) is 55.8 Å². The second-order valence-electron chi connectivity index (χ2n) is 2.78. The Kier molecular flexibility index (Phi) is 2.10. The molecule has 0 aromatic heterocycles. The summed E-state index contributed by atoms with van der Waals surface area (Å²) in [7, 11) is 0. The number of aldehydes is 1. The van der Waals surface area contributed by atoms with Crippen LogP contribution in [-0.2, 0) is 14.3 Å². The first-order chi connectivity index (χ1) is 6.81. The molecule has 0 saturated heterocycles. The molecule has 0 radical (unpaired) electrons. The van der Waals surface area contributed by atoms with E-state index in [2.05, 4.69) is 0 Å². The number of rotatable bonds is 2. The average Bonchev–Trinajstić information content (AvgIpc) is 2.67. The predicted molar refractivity (Wildman–Crippen MR) is 47.2 cm³/mol. The molecule has 1 aliphatic heterocycles. The molecule has 14 heavy (non-hydrogen) atoms. The minimum Gasteiger partial charge on any atom is -0.507 e. The first kappa shape index (κ1) is 8.62. The van der Waals surface area contributed by atoms with E-state index in [-0.39, 0.29) is 11.5 Å². The van der Waals surface area contributed by atoms with Crippen LogP contribution in [0.5, 0.6) is 5.75 Å². The number of hydrogen-bond acceptors (Lipinski definition) is 4. The Morgan fingerprint density at radius 1 is 1.36 bits per heavy atom. The molecule has 1 aromatic carbocycles. The van der Waals surface area contributed by atoms with Gasteiger partial charge in [0, 0.05) is 0 Å². The molecule has 1 atom stereocenters. The Hall–Kier alpha value is -1.97. The monoisotopic (exact) mass is 192 g/mol. The molecule has 1 aromatic rings. The predicted octanol–water partition coefficient (Wildman–Crippen LogP) is 1.48. The van der Waals surface area contributed by atoms with Crippen LogP contribution in [0.25, 0.3) is 0 Å². The minimum atomic E-state index is -0.726. The minimum absolute atomic E-state index is 0.0815. The van der Waals surface area contributed by atoms with E-state index < -0.39 is 6.29 Å². The van der Waals surface area contributed by atoms with Gasteiger partial charge in [0.25, 0.3) is 6.29 Å². The van der Waals surface area contributed by atoms with Crippen LogP contribution in [0.1, 0.15) is 11.9 Å². The largest absolute Gasteiger partial charge is 0.507 e. The van der Waals surface area contributed by atoms with Crippen molar-refractivity contribution in [3.8, 4) is 5.75 Å². The lowest BCUT2D eigenvalue weighted by molar-refractivity contribution is -0.110. The van der Waals surface area contributed by atoms with Crippen LogP contribution < -0.4 is 0 Å². The zero-order chi connectivity index (χ0) is 9.97. The standard InChI is InChI=1S/C10H8O4/c11-5-7-6-13-10(14-7)8-3-1-2-4-9(8)12/h1-6,10,12H. The lowest BCUT2D eigenvalue weighted by Gasteiger charge is -2.11. The first-order valence-electron chi connectivity index (χ1n) is 4.06. The number of aromatic hydroxyl groups is 1. The molecule has 4 heteroatoms. The van der Waals surface area contributed by atoms with Crippen molar-refractivity contribution >= 4 is 6.29 Å². The molecule has 4 nitrogen and oxygen atoms in total. The summed E-state index contributed by atoms with van der Waals surface area (Å²) in [6.07, 6.45) is 1.06. The van der Waals surface area contributed by atoms with Gasteiger partial charge in [0.05, 0.1) is 5.56 Å². The highest BCUT2D eigenvalue weighted by Gasteiger charge is 2.23. The molecule has 0 aliphatic carbocycles. The third-order valence-electron chi connectivity index (χ3n) is 1.86. The quantitative estimate of drug-likeness (QED) is 0.721. The maximum absolute atomic E-state index is 10.3. The van der Waals surface area contributed by atoms with Gasteiger partial charge in [-0.15, -0.1) is 0 Å². The van der Waals surface area contributed by atoms with E-state index in [0.717, 1.165) is 0 Å².